The molecule has 20 heavy (non-hydrogen) atoms. The summed E-state index contributed by atoms with van der Waals surface area (Å²) >= 11 is 0. The Hall–Kier alpha value is -0.820. The van der Waals surface area contributed by atoms with E-state index in [4.69, 9.17) is 4.74 Å². The van der Waals surface area contributed by atoms with E-state index in [0.29, 0.717) is 12.2 Å². The van der Waals surface area contributed by atoms with Crippen molar-refractivity contribution in [1.29, 1.82) is 0 Å². The number of hydrogen-bond acceptors (Lipinski definition) is 4. The lowest BCUT2D eigenvalue weighted by atomic mass is 10.2. The molecule has 114 valence electrons. The van der Waals surface area contributed by atoms with Crippen LogP contribution in [0.2, 0.25) is 0 Å². The second-order valence-corrected chi connectivity index (χ2v) is 4.80. The Kier molecular flexibility index (Phi) is 10.5. The minimum absolute atomic E-state index is 0. The average molecular weight is 392 g/mol. The zero-order valence-corrected chi connectivity index (χ0v) is 14.8. The van der Waals surface area contributed by atoms with E-state index in [9.17, 15) is 4.79 Å². The third-order valence-electron chi connectivity index (χ3n) is 2.75. The number of halogens is 1. The standard InChI is InChI=1S/C15H24N2O2.HI/c1-4-5-10-16-14-8-6-13(7-9-14)15(18)19-12-11-17(2)3;/h6-9,16H,4-5,10-12H2,1-3H3;1H. The molecule has 0 aliphatic heterocycles. The van der Waals surface area contributed by atoms with Gasteiger partial charge in [-0.3, -0.25) is 0 Å². The summed E-state index contributed by atoms with van der Waals surface area (Å²) in [6, 6.07) is 7.43. The highest BCUT2D eigenvalue weighted by Crippen LogP contribution is 2.10. The van der Waals surface area contributed by atoms with Crippen LogP contribution in [-0.2, 0) is 4.74 Å². The average Bonchev–Trinajstić information content (AvgIpc) is 2.39. The van der Waals surface area contributed by atoms with Gasteiger partial charge in [-0.15, -0.1) is 24.0 Å². The Morgan fingerprint density at radius 3 is 2.45 bits per heavy atom. The highest BCUT2D eigenvalue weighted by Gasteiger charge is 2.06. The molecule has 1 rings (SSSR count). The lowest BCUT2D eigenvalue weighted by molar-refractivity contribution is 0.0482. The SMILES string of the molecule is CCCCNc1ccc(C(=O)OCCN(C)C)cc1.I. The maximum absolute atomic E-state index is 11.7. The van der Waals surface area contributed by atoms with Crippen LogP contribution >= 0.6 is 24.0 Å². The van der Waals surface area contributed by atoms with Gasteiger partial charge in [0.2, 0.25) is 0 Å². The molecule has 0 aromatic heterocycles. The number of nitrogens with one attached hydrogen (secondary N) is 1. The Balaban J connectivity index is 0.00000361. The van der Waals surface area contributed by atoms with Gasteiger partial charge in [0.25, 0.3) is 0 Å². The maximum Gasteiger partial charge on any atom is 0.338 e. The van der Waals surface area contributed by atoms with Crippen molar-refractivity contribution in [2.24, 2.45) is 0 Å². The van der Waals surface area contributed by atoms with Crippen LogP contribution in [0, 0.1) is 0 Å². The predicted octanol–water partition coefficient (Wildman–Crippen LogP) is 3.24. The zero-order chi connectivity index (χ0) is 14.1. The van der Waals surface area contributed by atoms with Crippen LogP contribution in [0.5, 0.6) is 0 Å². The van der Waals surface area contributed by atoms with Crippen LogP contribution in [0.3, 0.4) is 0 Å². The second kappa shape index (κ2) is 10.9. The molecule has 1 N–H and O–H groups in total. The predicted molar refractivity (Wildman–Crippen MR) is 94.1 cm³/mol. The smallest absolute Gasteiger partial charge is 0.338 e. The number of unbranched alkanes of at least 4 members (excludes halogenated alkanes) is 1. The second-order valence-electron chi connectivity index (χ2n) is 4.80. The van der Waals surface area contributed by atoms with Crippen molar-refractivity contribution in [2.45, 2.75) is 19.8 Å². The van der Waals surface area contributed by atoms with Gasteiger partial charge in [0.1, 0.15) is 6.61 Å². The summed E-state index contributed by atoms with van der Waals surface area (Å²) in [5, 5.41) is 3.31. The Morgan fingerprint density at radius 2 is 1.90 bits per heavy atom. The minimum atomic E-state index is -0.262. The Bertz CT molecular complexity index is 380. The number of benzene rings is 1. The van der Waals surface area contributed by atoms with Crippen LogP contribution < -0.4 is 5.32 Å². The number of rotatable bonds is 8. The summed E-state index contributed by atoms with van der Waals surface area (Å²) < 4.78 is 5.18. The van der Waals surface area contributed by atoms with Gasteiger partial charge in [-0.2, -0.15) is 0 Å². The van der Waals surface area contributed by atoms with Crippen molar-refractivity contribution < 1.29 is 9.53 Å². The molecule has 1 aromatic carbocycles. The highest BCUT2D eigenvalue weighted by atomic mass is 127. The molecule has 0 saturated carbocycles. The van der Waals surface area contributed by atoms with Gasteiger partial charge in [0, 0.05) is 18.8 Å². The van der Waals surface area contributed by atoms with Gasteiger partial charge in [-0.25, -0.2) is 4.79 Å². The van der Waals surface area contributed by atoms with Gasteiger partial charge in [0.05, 0.1) is 5.56 Å². The highest BCUT2D eigenvalue weighted by molar-refractivity contribution is 14.0. The summed E-state index contributed by atoms with van der Waals surface area (Å²) in [5.41, 5.74) is 1.64. The van der Waals surface area contributed by atoms with Gasteiger partial charge in [0.15, 0.2) is 0 Å². The van der Waals surface area contributed by atoms with Crippen molar-refractivity contribution in [1.82, 2.24) is 4.90 Å². The largest absolute Gasteiger partial charge is 0.461 e. The van der Waals surface area contributed by atoms with E-state index in [-0.39, 0.29) is 29.9 Å². The van der Waals surface area contributed by atoms with Crippen LogP contribution in [0.4, 0.5) is 5.69 Å². The molecular weight excluding hydrogens is 367 g/mol. The van der Waals surface area contributed by atoms with Crippen LogP contribution in [0.25, 0.3) is 0 Å². The van der Waals surface area contributed by atoms with E-state index in [0.717, 1.165) is 25.2 Å². The first-order chi connectivity index (χ1) is 9.13. The van der Waals surface area contributed by atoms with Crippen molar-refractivity contribution >= 4 is 35.6 Å². The van der Waals surface area contributed by atoms with Gasteiger partial charge in [-0.05, 0) is 44.8 Å². The van der Waals surface area contributed by atoms with E-state index in [1.807, 2.05) is 31.1 Å². The molecule has 0 radical (unpaired) electrons. The fourth-order valence-electron chi connectivity index (χ4n) is 1.54. The first-order valence-corrected chi connectivity index (χ1v) is 6.79. The molecule has 1 aromatic rings. The number of anilines is 1. The number of esters is 1. The summed E-state index contributed by atoms with van der Waals surface area (Å²) in [6.45, 7) is 4.28. The molecule has 0 amide bonds. The molecule has 0 unspecified atom stereocenters. The maximum atomic E-state index is 11.7. The summed E-state index contributed by atoms with van der Waals surface area (Å²) in [4.78, 5) is 13.7. The van der Waals surface area contributed by atoms with Crippen LogP contribution in [-0.4, -0.2) is 44.7 Å². The van der Waals surface area contributed by atoms with Gasteiger partial charge in [-0.1, -0.05) is 13.3 Å². The number of carbonyl (C=O) groups is 1. The van der Waals surface area contributed by atoms with E-state index in [1.54, 1.807) is 12.1 Å². The van der Waals surface area contributed by atoms with Crippen molar-refractivity contribution in [2.75, 3.05) is 39.1 Å². The number of likely N-dealkylation sites (N-methyl/N-ethyl adjacent to an activating group) is 1. The molecule has 0 bridgehead atoms. The molecule has 0 saturated heterocycles. The minimum Gasteiger partial charge on any atom is -0.461 e. The Labute approximate surface area is 138 Å². The molecule has 4 nitrogen and oxygen atoms in total. The topological polar surface area (TPSA) is 41.6 Å². The normalized spacial score (nSPS) is 10.0. The molecule has 0 aliphatic rings. The van der Waals surface area contributed by atoms with Crippen LogP contribution in [0.15, 0.2) is 24.3 Å². The summed E-state index contributed by atoms with van der Waals surface area (Å²) in [5.74, 6) is -0.262. The Morgan fingerprint density at radius 1 is 1.25 bits per heavy atom. The molecule has 0 fully saturated rings. The van der Waals surface area contributed by atoms with E-state index in [1.165, 1.54) is 6.42 Å². The summed E-state index contributed by atoms with van der Waals surface area (Å²) in [7, 11) is 3.90. The first-order valence-electron chi connectivity index (χ1n) is 6.79. The van der Waals surface area contributed by atoms with Crippen molar-refractivity contribution in [3.63, 3.8) is 0 Å². The molecule has 0 atom stereocenters. The number of nitrogens with zero attached hydrogens (tertiary/aromatic N) is 1. The fourth-order valence-corrected chi connectivity index (χ4v) is 1.54. The van der Waals surface area contributed by atoms with Crippen molar-refractivity contribution in [3.05, 3.63) is 29.8 Å². The van der Waals surface area contributed by atoms with E-state index in [2.05, 4.69) is 12.2 Å². The third-order valence-corrected chi connectivity index (χ3v) is 2.75. The zero-order valence-electron chi connectivity index (χ0n) is 12.5. The lowest BCUT2D eigenvalue weighted by Crippen LogP contribution is -2.20. The molecule has 0 heterocycles. The molecule has 0 spiro atoms. The summed E-state index contributed by atoms with van der Waals surface area (Å²) in [6.07, 6.45) is 2.32. The number of hydrogen-bond donors (Lipinski definition) is 1. The quantitative estimate of drug-likeness (QED) is 0.419. The van der Waals surface area contributed by atoms with E-state index >= 15 is 0 Å². The van der Waals surface area contributed by atoms with Gasteiger partial charge >= 0.3 is 5.97 Å². The molecular formula is C15H25IN2O2. The van der Waals surface area contributed by atoms with Crippen molar-refractivity contribution in [3.8, 4) is 0 Å². The number of ether oxygens (including phenoxy) is 1. The number of carbonyl (C=O) groups excluding carboxylic acids is 1. The van der Waals surface area contributed by atoms with E-state index < -0.39 is 0 Å². The lowest BCUT2D eigenvalue weighted by Gasteiger charge is -2.10. The van der Waals surface area contributed by atoms with Crippen LogP contribution in [0.1, 0.15) is 30.1 Å². The monoisotopic (exact) mass is 392 g/mol. The third kappa shape index (κ3) is 7.69. The molecule has 5 heteroatoms. The van der Waals surface area contributed by atoms with Gasteiger partial charge < -0.3 is 15.0 Å². The molecule has 0 aliphatic carbocycles. The fraction of sp³-hybridized carbons (Fsp3) is 0.533. The first kappa shape index (κ1) is 19.2.